The summed E-state index contributed by atoms with van der Waals surface area (Å²) in [6, 6.07) is 13.9. The zero-order valence-electron chi connectivity index (χ0n) is 15.9. The Bertz CT molecular complexity index is 1090. The average molecular weight is 379 g/mol. The largest absolute Gasteiger partial charge is 0.455 e. The van der Waals surface area contributed by atoms with Crippen LogP contribution in [-0.2, 0) is 9.53 Å². The summed E-state index contributed by atoms with van der Waals surface area (Å²) in [4.78, 5) is 37.3. The number of hydrogen-bond acceptors (Lipinski definition) is 5. The molecule has 1 heterocycles. The lowest BCUT2D eigenvalue weighted by Gasteiger charge is -2.14. The Hall–Kier alpha value is -3.41. The molecule has 28 heavy (non-hydrogen) atoms. The van der Waals surface area contributed by atoms with Gasteiger partial charge in [0.15, 0.2) is 17.1 Å². The molecule has 0 aliphatic rings. The first-order valence-electron chi connectivity index (χ1n) is 9.04. The van der Waals surface area contributed by atoms with E-state index in [1.807, 2.05) is 30.3 Å². The molecule has 0 unspecified atom stereocenters. The van der Waals surface area contributed by atoms with Gasteiger partial charge in [-0.1, -0.05) is 36.4 Å². The molecule has 144 valence electrons. The summed E-state index contributed by atoms with van der Waals surface area (Å²) < 4.78 is 11.3. The van der Waals surface area contributed by atoms with Crippen molar-refractivity contribution in [2.75, 3.05) is 6.54 Å². The molecule has 0 spiro atoms. The molecule has 0 radical (unpaired) electrons. The highest BCUT2D eigenvalue weighted by atomic mass is 16.5. The summed E-state index contributed by atoms with van der Waals surface area (Å²) in [6.45, 7) is 5.39. The van der Waals surface area contributed by atoms with Gasteiger partial charge in [-0.25, -0.2) is 4.79 Å². The van der Waals surface area contributed by atoms with Crippen LogP contribution in [0.25, 0.3) is 22.3 Å². The molecule has 0 saturated heterocycles. The third-order valence-corrected chi connectivity index (χ3v) is 4.40. The van der Waals surface area contributed by atoms with Gasteiger partial charge in [-0.3, -0.25) is 9.59 Å². The molecule has 2 aromatic carbocycles. The van der Waals surface area contributed by atoms with Crippen LogP contribution in [0.1, 0.15) is 29.8 Å². The fraction of sp³-hybridized carbons (Fsp3) is 0.227. The van der Waals surface area contributed by atoms with Crippen molar-refractivity contribution in [3.05, 3.63) is 69.9 Å². The predicted octanol–water partition coefficient (Wildman–Crippen LogP) is 3.45. The van der Waals surface area contributed by atoms with E-state index in [0.29, 0.717) is 17.9 Å². The molecule has 1 N–H and O–H groups in total. The van der Waals surface area contributed by atoms with Crippen LogP contribution >= 0.6 is 0 Å². The summed E-state index contributed by atoms with van der Waals surface area (Å²) >= 11 is 0. The van der Waals surface area contributed by atoms with Crippen molar-refractivity contribution < 1.29 is 18.7 Å². The van der Waals surface area contributed by atoms with E-state index in [1.165, 1.54) is 13.0 Å². The van der Waals surface area contributed by atoms with E-state index in [1.54, 1.807) is 26.0 Å². The van der Waals surface area contributed by atoms with Crippen LogP contribution in [0, 0.1) is 6.92 Å². The third-order valence-electron chi connectivity index (χ3n) is 4.40. The summed E-state index contributed by atoms with van der Waals surface area (Å²) in [5.41, 5.74) is 1.22. The third kappa shape index (κ3) is 3.67. The van der Waals surface area contributed by atoms with Crippen LogP contribution in [0.3, 0.4) is 0 Å². The number of benzene rings is 2. The minimum atomic E-state index is -0.964. The fourth-order valence-electron chi connectivity index (χ4n) is 2.93. The van der Waals surface area contributed by atoms with Crippen molar-refractivity contribution in [2.45, 2.75) is 26.9 Å². The maximum Gasteiger partial charge on any atom is 0.342 e. The molecule has 6 nitrogen and oxygen atoms in total. The number of amides is 1. The molecule has 6 heteroatoms. The lowest BCUT2D eigenvalue weighted by Crippen LogP contribution is -2.35. The monoisotopic (exact) mass is 379 g/mol. The molecule has 1 atom stereocenters. The Kier molecular flexibility index (Phi) is 5.59. The van der Waals surface area contributed by atoms with Crippen LogP contribution in [0.15, 0.2) is 57.7 Å². The first kappa shape index (κ1) is 19.4. The van der Waals surface area contributed by atoms with Crippen LogP contribution in [0.2, 0.25) is 0 Å². The van der Waals surface area contributed by atoms with Gasteiger partial charge >= 0.3 is 5.97 Å². The van der Waals surface area contributed by atoms with Gasteiger partial charge in [0, 0.05) is 17.7 Å². The molecule has 0 aliphatic carbocycles. The normalized spacial score (nSPS) is 11.8. The SMILES string of the molecule is CCNC(=O)[C@@H](C)OC(=O)c1cccc2c(=O)c(C)c(-c3ccccc3)oc12. The number of esters is 1. The van der Waals surface area contributed by atoms with Gasteiger partial charge in [0.25, 0.3) is 5.91 Å². The lowest BCUT2D eigenvalue weighted by atomic mass is 10.0. The Morgan fingerprint density at radius 3 is 2.50 bits per heavy atom. The van der Waals surface area contributed by atoms with Crippen LogP contribution in [-0.4, -0.2) is 24.5 Å². The van der Waals surface area contributed by atoms with Crippen molar-refractivity contribution in [3.8, 4) is 11.3 Å². The van der Waals surface area contributed by atoms with Crippen LogP contribution < -0.4 is 10.7 Å². The van der Waals surface area contributed by atoms with Crippen molar-refractivity contribution in [1.82, 2.24) is 5.32 Å². The van der Waals surface area contributed by atoms with Gasteiger partial charge in [0.1, 0.15) is 11.3 Å². The Balaban J connectivity index is 2.09. The molecule has 3 rings (SSSR count). The first-order valence-corrected chi connectivity index (χ1v) is 9.04. The maximum absolute atomic E-state index is 12.8. The van der Waals surface area contributed by atoms with Gasteiger partial charge in [-0.05, 0) is 32.9 Å². The van der Waals surface area contributed by atoms with Gasteiger partial charge in [-0.15, -0.1) is 0 Å². The second-order valence-electron chi connectivity index (χ2n) is 6.38. The number of ether oxygens (including phenoxy) is 1. The molecule has 0 fully saturated rings. The van der Waals surface area contributed by atoms with Gasteiger partial charge in [0.05, 0.1) is 5.39 Å². The van der Waals surface area contributed by atoms with Gasteiger partial charge < -0.3 is 14.5 Å². The van der Waals surface area contributed by atoms with Gasteiger partial charge in [-0.2, -0.15) is 0 Å². The maximum atomic E-state index is 12.8. The number of hydrogen-bond donors (Lipinski definition) is 1. The number of para-hydroxylation sites is 1. The summed E-state index contributed by atoms with van der Waals surface area (Å²) in [5, 5.41) is 2.89. The van der Waals surface area contributed by atoms with Crippen molar-refractivity contribution >= 4 is 22.8 Å². The zero-order valence-corrected chi connectivity index (χ0v) is 15.9. The summed E-state index contributed by atoms with van der Waals surface area (Å²) in [7, 11) is 0. The predicted molar refractivity (Wildman–Crippen MR) is 106 cm³/mol. The first-order chi connectivity index (χ1) is 13.4. The van der Waals surface area contributed by atoms with E-state index in [0.717, 1.165) is 5.56 Å². The molecule has 0 aliphatic heterocycles. The Morgan fingerprint density at radius 1 is 1.11 bits per heavy atom. The van der Waals surface area contributed by atoms with Crippen molar-refractivity contribution in [3.63, 3.8) is 0 Å². The highest BCUT2D eigenvalue weighted by Crippen LogP contribution is 2.27. The number of carbonyl (C=O) groups is 2. The van der Waals surface area contributed by atoms with E-state index >= 15 is 0 Å². The molecule has 3 aromatic rings. The minimum Gasteiger partial charge on any atom is -0.455 e. The minimum absolute atomic E-state index is 0.0999. The number of rotatable bonds is 5. The van der Waals surface area contributed by atoms with E-state index < -0.39 is 18.0 Å². The van der Waals surface area contributed by atoms with E-state index in [-0.39, 0.29) is 22.0 Å². The van der Waals surface area contributed by atoms with E-state index in [4.69, 9.17) is 9.15 Å². The van der Waals surface area contributed by atoms with E-state index in [2.05, 4.69) is 5.32 Å². The Labute approximate surface area is 162 Å². The number of carbonyl (C=O) groups excluding carboxylic acids is 2. The van der Waals surface area contributed by atoms with E-state index in [9.17, 15) is 14.4 Å². The average Bonchev–Trinajstić information content (AvgIpc) is 2.71. The molecular weight excluding hydrogens is 358 g/mol. The highest BCUT2D eigenvalue weighted by molar-refractivity contribution is 6.03. The standard InChI is InChI=1S/C22H21NO5/c1-4-23-21(25)14(3)27-22(26)17-12-8-11-16-18(24)13(2)19(28-20(16)17)15-9-6-5-7-10-15/h5-12,14H,4H2,1-3H3,(H,23,25)/t14-/m1/s1. The van der Waals surface area contributed by atoms with Gasteiger partial charge in [0.2, 0.25) is 0 Å². The second kappa shape index (κ2) is 8.08. The molecule has 1 aromatic heterocycles. The smallest absolute Gasteiger partial charge is 0.342 e. The van der Waals surface area contributed by atoms with Crippen molar-refractivity contribution in [1.29, 1.82) is 0 Å². The fourth-order valence-corrected chi connectivity index (χ4v) is 2.93. The number of nitrogens with one attached hydrogen (secondary N) is 1. The second-order valence-corrected chi connectivity index (χ2v) is 6.38. The van der Waals surface area contributed by atoms with Crippen LogP contribution in [0.5, 0.6) is 0 Å². The zero-order chi connectivity index (χ0) is 20.3. The van der Waals surface area contributed by atoms with Crippen LogP contribution in [0.4, 0.5) is 0 Å². The lowest BCUT2D eigenvalue weighted by molar-refractivity contribution is -0.128. The molecular formula is C22H21NO5. The quantitative estimate of drug-likeness (QED) is 0.686. The summed E-state index contributed by atoms with van der Waals surface area (Å²) in [6.07, 6.45) is -0.964. The Morgan fingerprint density at radius 2 is 1.82 bits per heavy atom. The molecule has 0 saturated carbocycles. The van der Waals surface area contributed by atoms with Crippen molar-refractivity contribution in [2.24, 2.45) is 0 Å². The number of fused-ring (bicyclic) bond motifs is 1. The number of likely N-dealkylation sites (N-methyl/N-ethyl adjacent to an activating group) is 1. The summed E-state index contributed by atoms with van der Waals surface area (Å²) in [5.74, 6) is -0.719. The molecule has 1 amide bonds. The topological polar surface area (TPSA) is 85.6 Å². The molecule has 0 bridgehead atoms. The highest BCUT2D eigenvalue weighted by Gasteiger charge is 2.23.